The van der Waals surface area contributed by atoms with Gasteiger partial charge in [-0.2, -0.15) is 0 Å². The number of halogens is 1. The normalized spacial score (nSPS) is 18.5. The molecular weight excluding hydrogens is 508 g/mol. The minimum atomic E-state index is -0.617. The molecule has 2 atom stereocenters. The fraction of sp³-hybridized carbons (Fsp3) is 0.152. The van der Waals surface area contributed by atoms with Gasteiger partial charge in [0.15, 0.2) is 5.78 Å². The van der Waals surface area contributed by atoms with Crippen molar-refractivity contribution in [3.63, 3.8) is 0 Å². The zero-order valence-electron chi connectivity index (χ0n) is 21.4. The molecule has 1 heterocycles. The van der Waals surface area contributed by atoms with Crippen LogP contribution in [0.5, 0.6) is 5.75 Å². The van der Waals surface area contributed by atoms with Crippen LogP contribution in [0.1, 0.15) is 46.3 Å². The van der Waals surface area contributed by atoms with Crippen LogP contribution in [0.25, 0.3) is 0 Å². The van der Waals surface area contributed by atoms with Gasteiger partial charge in [-0.1, -0.05) is 66.2 Å². The van der Waals surface area contributed by atoms with E-state index >= 15 is 0 Å². The number of fused-ring (bicyclic) bond motifs is 1. The van der Waals surface area contributed by atoms with Crippen LogP contribution >= 0.6 is 11.6 Å². The van der Waals surface area contributed by atoms with Crippen LogP contribution in [0.3, 0.4) is 0 Å². The van der Waals surface area contributed by atoms with Crippen molar-refractivity contribution in [2.45, 2.75) is 24.8 Å². The number of ether oxygens (including phenoxy) is 1. The highest BCUT2D eigenvalue weighted by Crippen LogP contribution is 2.48. The van der Waals surface area contributed by atoms with Gasteiger partial charge >= 0.3 is 0 Å². The number of carbonyl (C=O) groups is 2. The van der Waals surface area contributed by atoms with Gasteiger partial charge in [-0.05, 0) is 72.0 Å². The number of ketones is 1. The molecule has 194 valence electrons. The maximum absolute atomic E-state index is 14.2. The first kappa shape index (κ1) is 25.0. The van der Waals surface area contributed by atoms with Crippen molar-refractivity contribution < 1.29 is 14.3 Å². The van der Waals surface area contributed by atoms with Gasteiger partial charge in [-0.25, -0.2) is 0 Å². The molecule has 1 aliphatic carbocycles. The third kappa shape index (κ3) is 4.70. The summed E-state index contributed by atoms with van der Waals surface area (Å²) in [6.07, 6.45) is 0.982. The van der Waals surface area contributed by atoms with Crippen molar-refractivity contribution in [2.24, 2.45) is 0 Å². The van der Waals surface area contributed by atoms with E-state index in [1.807, 2.05) is 103 Å². The number of Topliss-reactive ketones (excluding diaryl/α,β-unsaturated/α-hetero) is 1. The predicted octanol–water partition coefficient (Wildman–Crippen LogP) is 7.56. The van der Waals surface area contributed by atoms with Crippen molar-refractivity contribution in [3.8, 4) is 5.75 Å². The zero-order chi connectivity index (χ0) is 26.9. The standard InChI is InChI=1S/C33H27ClN2O3/c1-39-26-17-13-22(14-18-26)32-31-28(19-24(20-30(31)37)21-11-15-25(34)16-12-21)35-27-9-5-6-10-29(27)36(32)33(38)23-7-3-2-4-8-23/h2-18,24,32,35H,19-20H2,1H3/t24-,32-/m1/s1. The number of carbonyl (C=O) groups excluding carboxylic acids is 2. The molecule has 1 aliphatic heterocycles. The predicted molar refractivity (Wildman–Crippen MR) is 155 cm³/mol. The Bertz CT molecular complexity index is 1560. The third-order valence-electron chi connectivity index (χ3n) is 7.50. The highest BCUT2D eigenvalue weighted by atomic mass is 35.5. The molecule has 0 saturated heterocycles. The van der Waals surface area contributed by atoms with E-state index in [2.05, 4.69) is 5.32 Å². The van der Waals surface area contributed by atoms with Gasteiger partial charge in [-0.15, -0.1) is 0 Å². The Morgan fingerprint density at radius 3 is 2.23 bits per heavy atom. The number of para-hydroxylation sites is 2. The highest BCUT2D eigenvalue weighted by Gasteiger charge is 2.41. The van der Waals surface area contributed by atoms with Crippen molar-refractivity contribution in [1.82, 2.24) is 0 Å². The molecule has 6 heteroatoms. The first-order valence-corrected chi connectivity index (χ1v) is 13.3. The van der Waals surface area contributed by atoms with Crippen LogP contribution in [0.15, 0.2) is 114 Å². The molecule has 0 fully saturated rings. The van der Waals surface area contributed by atoms with Gasteiger partial charge in [-0.3, -0.25) is 14.5 Å². The highest BCUT2D eigenvalue weighted by molar-refractivity contribution is 6.30. The fourth-order valence-electron chi connectivity index (χ4n) is 5.61. The number of nitrogens with one attached hydrogen (secondary N) is 1. The number of benzene rings is 4. The Morgan fingerprint density at radius 2 is 1.51 bits per heavy atom. The van der Waals surface area contributed by atoms with Crippen LogP contribution in [-0.4, -0.2) is 18.8 Å². The molecule has 0 spiro atoms. The number of anilines is 2. The molecule has 1 amide bonds. The molecule has 6 rings (SSSR count). The number of methoxy groups -OCH3 is 1. The van der Waals surface area contributed by atoms with E-state index in [9.17, 15) is 9.59 Å². The van der Waals surface area contributed by atoms with Crippen LogP contribution in [0, 0.1) is 0 Å². The summed E-state index contributed by atoms with van der Waals surface area (Å²) in [5.41, 5.74) is 5.42. The minimum absolute atomic E-state index is 0.000992. The number of amides is 1. The number of hydrogen-bond donors (Lipinski definition) is 1. The van der Waals surface area contributed by atoms with Crippen LogP contribution < -0.4 is 15.0 Å². The summed E-state index contributed by atoms with van der Waals surface area (Å²) in [5.74, 6) is 0.551. The average Bonchev–Trinajstić information content (AvgIpc) is 3.12. The molecule has 0 bridgehead atoms. The third-order valence-corrected chi connectivity index (χ3v) is 7.75. The van der Waals surface area contributed by atoms with Crippen molar-refractivity contribution in [2.75, 3.05) is 17.3 Å². The molecule has 4 aromatic rings. The van der Waals surface area contributed by atoms with E-state index in [0.29, 0.717) is 34.8 Å². The molecule has 0 saturated carbocycles. The lowest BCUT2D eigenvalue weighted by atomic mass is 9.78. The SMILES string of the molecule is COc1ccc([C@@H]2C3=C(C[C@@H](c4ccc(Cl)cc4)CC3=O)Nc3ccccc3N2C(=O)c2ccccc2)cc1. The summed E-state index contributed by atoms with van der Waals surface area (Å²) >= 11 is 6.14. The lowest BCUT2D eigenvalue weighted by molar-refractivity contribution is -0.116. The van der Waals surface area contributed by atoms with Crippen LogP contribution in [0.2, 0.25) is 5.02 Å². The molecular formula is C33H27ClN2O3. The molecule has 0 radical (unpaired) electrons. The number of allylic oxidation sites excluding steroid dienone is 1. The van der Waals surface area contributed by atoms with Crippen LogP contribution in [0.4, 0.5) is 11.4 Å². The number of nitrogens with zero attached hydrogens (tertiary/aromatic N) is 1. The average molecular weight is 535 g/mol. The van der Waals surface area contributed by atoms with Gasteiger partial charge in [0.2, 0.25) is 0 Å². The van der Waals surface area contributed by atoms with Gasteiger partial charge in [0.1, 0.15) is 5.75 Å². The lowest BCUT2D eigenvalue weighted by Gasteiger charge is -2.35. The second-order valence-electron chi connectivity index (χ2n) is 9.83. The minimum Gasteiger partial charge on any atom is -0.497 e. The molecule has 39 heavy (non-hydrogen) atoms. The Balaban J connectivity index is 1.55. The Labute approximate surface area is 232 Å². The second-order valence-corrected chi connectivity index (χ2v) is 10.3. The van der Waals surface area contributed by atoms with E-state index in [4.69, 9.17) is 16.3 Å². The van der Waals surface area contributed by atoms with E-state index in [1.165, 1.54) is 0 Å². The Hall–Kier alpha value is -4.35. The van der Waals surface area contributed by atoms with Crippen molar-refractivity contribution in [1.29, 1.82) is 0 Å². The van der Waals surface area contributed by atoms with E-state index in [1.54, 1.807) is 12.0 Å². The molecule has 5 nitrogen and oxygen atoms in total. The van der Waals surface area contributed by atoms with Crippen molar-refractivity contribution >= 4 is 34.7 Å². The molecule has 2 aliphatic rings. The quantitative estimate of drug-likeness (QED) is 0.293. The fourth-order valence-corrected chi connectivity index (χ4v) is 5.73. The molecule has 1 N–H and O–H groups in total. The summed E-state index contributed by atoms with van der Waals surface area (Å²) in [7, 11) is 1.62. The first-order chi connectivity index (χ1) is 19.0. The number of rotatable bonds is 4. The second kappa shape index (κ2) is 10.4. The van der Waals surface area contributed by atoms with E-state index in [0.717, 1.165) is 28.2 Å². The largest absolute Gasteiger partial charge is 0.497 e. The Morgan fingerprint density at radius 1 is 0.846 bits per heavy atom. The van der Waals surface area contributed by atoms with E-state index in [-0.39, 0.29) is 17.6 Å². The van der Waals surface area contributed by atoms with Crippen molar-refractivity contribution in [3.05, 3.63) is 136 Å². The Kier molecular flexibility index (Phi) is 6.67. The van der Waals surface area contributed by atoms with Gasteiger partial charge < -0.3 is 10.1 Å². The van der Waals surface area contributed by atoms with Gasteiger partial charge in [0, 0.05) is 28.3 Å². The van der Waals surface area contributed by atoms with Crippen LogP contribution in [-0.2, 0) is 4.79 Å². The lowest BCUT2D eigenvalue weighted by Crippen LogP contribution is -2.38. The summed E-state index contributed by atoms with van der Waals surface area (Å²) in [6, 6.07) is 31.6. The molecule has 4 aromatic carbocycles. The maximum atomic E-state index is 14.2. The smallest absolute Gasteiger partial charge is 0.259 e. The topological polar surface area (TPSA) is 58.6 Å². The summed E-state index contributed by atoms with van der Waals surface area (Å²) in [4.78, 5) is 30.1. The number of hydrogen-bond acceptors (Lipinski definition) is 4. The maximum Gasteiger partial charge on any atom is 0.259 e. The molecule has 0 unspecified atom stereocenters. The first-order valence-electron chi connectivity index (χ1n) is 12.9. The molecule has 0 aromatic heterocycles. The van der Waals surface area contributed by atoms with Gasteiger partial charge in [0.25, 0.3) is 5.91 Å². The van der Waals surface area contributed by atoms with E-state index < -0.39 is 6.04 Å². The van der Waals surface area contributed by atoms with Gasteiger partial charge in [0.05, 0.1) is 24.5 Å². The monoisotopic (exact) mass is 534 g/mol. The summed E-state index contributed by atoms with van der Waals surface area (Å²) in [5, 5.41) is 4.24. The summed E-state index contributed by atoms with van der Waals surface area (Å²) in [6.45, 7) is 0. The summed E-state index contributed by atoms with van der Waals surface area (Å²) < 4.78 is 5.40. The zero-order valence-corrected chi connectivity index (χ0v) is 22.2.